The number of Topliss-reactive ketones (excluding diaryl/α,β-unsaturated/α-hetero) is 1. The Morgan fingerprint density at radius 1 is 1.04 bits per heavy atom. The van der Waals surface area contributed by atoms with Crippen LogP contribution in [-0.4, -0.2) is 5.78 Å². The quantitative estimate of drug-likeness (QED) is 0.590. The van der Waals surface area contributed by atoms with Gasteiger partial charge >= 0.3 is 0 Å². The smallest absolute Gasteiger partial charge is 0.232 e. The molecular weight excluding hydrogens is 343 g/mol. The molecule has 4 rings (SSSR count). The molecule has 0 atom stereocenters. The number of hydrogen-bond donors (Lipinski definition) is 0. The number of aryl methyl sites for hydroxylation is 1. The number of benzene rings is 3. The molecule has 0 aromatic heterocycles. The molecule has 0 fully saturated rings. The van der Waals surface area contributed by atoms with Crippen molar-refractivity contribution >= 4 is 11.9 Å². The highest BCUT2D eigenvalue weighted by molar-refractivity contribution is 6.15. The Labute approximate surface area is 156 Å². The van der Waals surface area contributed by atoms with Crippen molar-refractivity contribution in [2.75, 3.05) is 0 Å². The Morgan fingerprint density at radius 2 is 1.78 bits per heavy atom. The van der Waals surface area contributed by atoms with E-state index in [0.29, 0.717) is 29.2 Å². The van der Waals surface area contributed by atoms with Crippen LogP contribution in [0.1, 0.15) is 27.0 Å². The van der Waals surface area contributed by atoms with Crippen LogP contribution in [0.5, 0.6) is 11.5 Å². The lowest BCUT2D eigenvalue weighted by Crippen LogP contribution is -2.00. The van der Waals surface area contributed by atoms with Gasteiger partial charge in [0.2, 0.25) is 5.78 Å². The maximum Gasteiger partial charge on any atom is 0.232 e. The fourth-order valence-corrected chi connectivity index (χ4v) is 3.04. The van der Waals surface area contributed by atoms with Gasteiger partial charge in [-0.25, -0.2) is 4.39 Å². The van der Waals surface area contributed by atoms with E-state index in [-0.39, 0.29) is 11.5 Å². The average Bonchev–Trinajstić information content (AvgIpc) is 2.99. The summed E-state index contributed by atoms with van der Waals surface area (Å²) < 4.78 is 25.4. The van der Waals surface area contributed by atoms with Gasteiger partial charge in [0, 0.05) is 11.6 Å². The van der Waals surface area contributed by atoms with Crippen LogP contribution in [0, 0.1) is 12.7 Å². The van der Waals surface area contributed by atoms with Crippen molar-refractivity contribution in [3.8, 4) is 11.5 Å². The number of ketones is 1. The average molecular weight is 360 g/mol. The van der Waals surface area contributed by atoms with Crippen molar-refractivity contribution in [3.05, 3.63) is 101 Å². The van der Waals surface area contributed by atoms with E-state index >= 15 is 0 Å². The summed E-state index contributed by atoms with van der Waals surface area (Å²) in [6.07, 6.45) is 1.43. The normalized spacial score (nSPS) is 14.1. The van der Waals surface area contributed by atoms with Gasteiger partial charge in [0.15, 0.2) is 5.76 Å². The van der Waals surface area contributed by atoms with Crippen LogP contribution >= 0.6 is 0 Å². The van der Waals surface area contributed by atoms with Crippen molar-refractivity contribution in [3.63, 3.8) is 0 Å². The van der Waals surface area contributed by atoms with Crippen molar-refractivity contribution < 1.29 is 18.7 Å². The van der Waals surface area contributed by atoms with Gasteiger partial charge in [-0.2, -0.15) is 0 Å². The van der Waals surface area contributed by atoms with Crippen molar-refractivity contribution in [2.24, 2.45) is 0 Å². The molecule has 3 aromatic rings. The zero-order valence-corrected chi connectivity index (χ0v) is 14.7. The summed E-state index contributed by atoms with van der Waals surface area (Å²) in [5.74, 6) is 0.514. The predicted octanol–water partition coefficient (Wildman–Crippen LogP) is 5.33. The van der Waals surface area contributed by atoms with Crippen LogP contribution in [0.3, 0.4) is 0 Å². The van der Waals surface area contributed by atoms with Gasteiger partial charge < -0.3 is 9.47 Å². The van der Waals surface area contributed by atoms with E-state index in [1.165, 1.54) is 12.1 Å². The van der Waals surface area contributed by atoms with Crippen molar-refractivity contribution in [1.29, 1.82) is 0 Å². The summed E-state index contributed by atoms with van der Waals surface area (Å²) in [7, 11) is 0. The summed E-state index contributed by atoms with van der Waals surface area (Å²) in [5, 5.41) is 0. The second-order valence-electron chi connectivity index (χ2n) is 6.35. The topological polar surface area (TPSA) is 35.5 Å². The molecule has 1 heterocycles. The zero-order valence-electron chi connectivity index (χ0n) is 14.7. The lowest BCUT2D eigenvalue weighted by atomic mass is 10.0. The van der Waals surface area contributed by atoms with Crippen LogP contribution in [0.2, 0.25) is 0 Å². The minimum atomic E-state index is -0.402. The van der Waals surface area contributed by atoms with Gasteiger partial charge in [-0.1, -0.05) is 48.5 Å². The molecule has 1 aliphatic rings. The molecule has 3 aromatic carbocycles. The third kappa shape index (κ3) is 3.47. The summed E-state index contributed by atoms with van der Waals surface area (Å²) in [5.41, 5.74) is 2.61. The number of rotatable bonds is 4. The Hall–Kier alpha value is -3.40. The SMILES string of the molecule is Cc1cc(OCc2ccccc2)cc2c1C(=O)/C(=C/c1ccccc1F)O2. The van der Waals surface area contributed by atoms with Crippen LogP contribution in [-0.2, 0) is 6.61 Å². The molecule has 0 saturated heterocycles. The van der Waals surface area contributed by atoms with E-state index in [0.717, 1.165) is 11.1 Å². The summed E-state index contributed by atoms with van der Waals surface area (Å²) in [6.45, 7) is 2.26. The van der Waals surface area contributed by atoms with Crippen LogP contribution < -0.4 is 9.47 Å². The fraction of sp³-hybridized carbons (Fsp3) is 0.0870. The molecule has 3 nitrogen and oxygen atoms in total. The minimum absolute atomic E-state index is 0.110. The molecule has 0 bridgehead atoms. The van der Waals surface area contributed by atoms with Gasteiger partial charge in [-0.15, -0.1) is 0 Å². The number of hydrogen-bond acceptors (Lipinski definition) is 3. The lowest BCUT2D eigenvalue weighted by Gasteiger charge is -2.09. The number of carbonyl (C=O) groups excluding carboxylic acids is 1. The molecule has 4 heteroatoms. The molecule has 134 valence electrons. The third-order valence-electron chi connectivity index (χ3n) is 4.38. The van der Waals surface area contributed by atoms with E-state index < -0.39 is 5.82 Å². The predicted molar refractivity (Wildman–Crippen MR) is 101 cm³/mol. The lowest BCUT2D eigenvalue weighted by molar-refractivity contribution is 0.101. The first-order chi connectivity index (χ1) is 13.1. The summed E-state index contributed by atoms with van der Waals surface area (Å²) >= 11 is 0. The minimum Gasteiger partial charge on any atom is -0.489 e. The van der Waals surface area contributed by atoms with Crippen molar-refractivity contribution in [1.82, 2.24) is 0 Å². The fourth-order valence-electron chi connectivity index (χ4n) is 3.04. The number of carbonyl (C=O) groups is 1. The monoisotopic (exact) mass is 360 g/mol. The molecule has 0 aliphatic carbocycles. The molecule has 1 aliphatic heterocycles. The van der Waals surface area contributed by atoms with Crippen LogP contribution in [0.15, 0.2) is 72.5 Å². The van der Waals surface area contributed by atoms with Gasteiger partial charge in [-0.3, -0.25) is 4.79 Å². The summed E-state index contributed by atoms with van der Waals surface area (Å²) in [6, 6.07) is 19.6. The molecule has 27 heavy (non-hydrogen) atoms. The van der Waals surface area contributed by atoms with Gasteiger partial charge in [-0.05, 0) is 36.3 Å². The standard InChI is InChI=1S/C23H17FO3/c1-15-11-18(26-14-16-7-3-2-4-8-16)13-20-22(15)23(25)21(27-20)12-17-9-5-6-10-19(17)24/h2-13H,14H2,1H3/b21-12-. The van der Waals surface area contributed by atoms with Crippen LogP contribution in [0.25, 0.3) is 6.08 Å². The van der Waals surface area contributed by atoms with Crippen LogP contribution in [0.4, 0.5) is 4.39 Å². The Balaban J connectivity index is 1.60. The van der Waals surface area contributed by atoms with Gasteiger partial charge in [0.25, 0.3) is 0 Å². The van der Waals surface area contributed by atoms with E-state index in [9.17, 15) is 9.18 Å². The molecule has 0 radical (unpaired) electrons. The summed E-state index contributed by atoms with van der Waals surface area (Å²) in [4.78, 5) is 12.7. The molecule has 0 N–H and O–H groups in total. The van der Waals surface area contributed by atoms with E-state index in [2.05, 4.69) is 0 Å². The first-order valence-corrected chi connectivity index (χ1v) is 8.62. The van der Waals surface area contributed by atoms with E-state index in [4.69, 9.17) is 9.47 Å². The molecular formula is C23H17FO3. The second-order valence-corrected chi connectivity index (χ2v) is 6.35. The van der Waals surface area contributed by atoms with Crippen molar-refractivity contribution in [2.45, 2.75) is 13.5 Å². The Kier molecular flexibility index (Phi) is 4.47. The Bertz CT molecular complexity index is 1040. The molecule has 0 saturated carbocycles. The number of ether oxygens (including phenoxy) is 2. The maximum absolute atomic E-state index is 13.9. The molecule has 0 amide bonds. The third-order valence-corrected chi connectivity index (χ3v) is 4.38. The highest BCUT2D eigenvalue weighted by Gasteiger charge is 2.30. The number of fused-ring (bicyclic) bond motifs is 1. The maximum atomic E-state index is 13.9. The first kappa shape index (κ1) is 17.0. The second kappa shape index (κ2) is 7.08. The highest BCUT2D eigenvalue weighted by atomic mass is 19.1. The molecule has 0 spiro atoms. The zero-order chi connectivity index (χ0) is 18.8. The van der Waals surface area contributed by atoms with E-state index in [1.54, 1.807) is 24.3 Å². The highest BCUT2D eigenvalue weighted by Crippen LogP contribution is 2.37. The van der Waals surface area contributed by atoms with E-state index in [1.807, 2.05) is 43.3 Å². The molecule has 0 unspecified atom stereocenters. The van der Waals surface area contributed by atoms with Gasteiger partial charge in [0.05, 0.1) is 5.56 Å². The number of allylic oxidation sites excluding steroid dienone is 1. The Morgan fingerprint density at radius 3 is 2.56 bits per heavy atom. The first-order valence-electron chi connectivity index (χ1n) is 8.62. The van der Waals surface area contributed by atoms with Gasteiger partial charge in [0.1, 0.15) is 23.9 Å². The number of halogens is 1. The largest absolute Gasteiger partial charge is 0.489 e.